The van der Waals surface area contributed by atoms with Gasteiger partial charge in [-0.15, -0.1) is 0 Å². The van der Waals surface area contributed by atoms with Crippen molar-refractivity contribution in [3.8, 4) is 5.75 Å². The highest BCUT2D eigenvalue weighted by molar-refractivity contribution is 5.95. The predicted octanol–water partition coefficient (Wildman–Crippen LogP) is 5.37. The number of aryl methyl sites for hydroxylation is 2. The van der Waals surface area contributed by atoms with Gasteiger partial charge in [-0.2, -0.15) is 0 Å². The predicted molar refractivity (Wildman–Crippen MR) is 108 cm³/mol. The molecule has 3 rings (SSSR count). The summed E-state index contributed by atoms with van der Waals surface area (Å²) >= 11 is 0. The van der Waals surface area contributed by atoms with E-state index in [1.54, 1.807) is 6.92 Å². The standard InChI is InChI=1S/C23H25NO2/c1-4-17-11-8-12-18(5-2)22(17)24-23(25)16(3)26-21-14-13-19-9-6-7-10-20(19)15-21/h6-16H,4-5H2,1-3H3,(H,24,25)/t16-/m0/s1. The highest BCUT2D eigenvalue weighted by atomic mass is 16.5. The summed E-state index contributed by atoms with van der Waals surface area (Å²) in [4.78, 5) is 12.7. The van der Waals surface area contributed by atoms with Crippen LogP contribution >= 0.6 is 0 Å². The fraction of sp³-hybridized carbons (Fsp3) is 0.261. The first-order valence-electron chi connectivity index (χ1n) is 9.19. The topological polar surface area (TPSA) is 38.3 Å². The van der Waals surface area contributed by atoms with Crippen molar-refractivity contribution in [3.05, 3.63) is 71.8 Å². The fourth-order valence-corrected chi connectivity index (χ4v) is 3.13. The average molecular weight is 347 g/mol. The number of nitrogens with one attached hydrogen (secondary N) is 1. The lowest BCUT2D eigenvalue weighted by Crippen LogP contribution is -2.30. The van der Waals surface area contributed by atoms with Gasteiger partial charge in [-0.3, -0.25) is 4.79 Å². The summed E-state index contributed by atoms with van der Waals surface area (Å²) in [7, 11) is 0. The van der Waals surface area contributed by atoms with E-state index in [2.05, 4.69) is 37.4 Å². The van der Waals surface area contributed by atoms with Crippen LogP contribution in [-0.2, 0) is 17.6 Å². The van der Waals surface area contributed by atoms with Crippen LogP contribution < -0.4 is 10.1 Å². The molecule has 0 bridgehead atoms. The molecule has 0 unspecified atom stereocenters. The van der Waals surface area contributed by atoms with E-state index in [-0.39, 0.29) is 5.91 Å². The number of benzene rings is 3. The van der Waals surface area contributed by atoms with Gasteiger partial charge in [-0.1, -0.05) is 62.4 Å². The molecule has 1 atom stereocenters. The first-order valence-corrected chi connectivity index (χ1v) is 9.19. The molecule has 0 aliphatic carbocycles. The summed E-state index contributed by atoms with van der Waals surface area (Å²) in [5, 5.41) is 5.33. The summed E-state index contributed by atoms with van der Waals surface area (Å²) < 4.78 is 5.89. The van der Waals surface area contributed by atoms with Crippen LogP contribution in [0.1, 0.15) is 31.9 Å². The molecule has 0 heterocycles. The Balaban J connectivity index is 1.75. The van der Waals surface area contributed by atoms with Gasteiger partial charge in [-0.25, -0.2) is 0 Å². The number of anilines is 1. The van der Waals surface area contributed by atoms with Crippen molar-refractivity contribution in [2.45, 2.75) is 39.7 Å². The van der Waals surface area contributed by atoms with Crippen LogP contribution in [0.25, 0.3) is 10.8 Å². The number of carbonyl (C=O) groups is 1. The second-order valence-electron chi connectivity index (χ2n) is 6.42. The van der Waals surface area contributed by atoms with Crippen molar-refractivity contribution in [2.24, 2.45) is 0 Å². The van der Waals surface area contributed by atoms with E-state index in [0.717, 1.165) is 40.4 Å². The zero-order valence-electron chi connectivity index (χ0n) is 15.6. The van der Waals surface area contributed by atoms with Crippen LogP contribution in [0, 0.1) is 0 Å². The molecule has 3 aromatic rings. The number of amides is 1. The van der Waals surface area contributed by atoms with Gasteiger partial charge in [-0.05, 0) is 53.8 Å². The maximum atomic E-state index is 12.7. The van der Waals surface area contributed by atoms with Crippen LogP contribution in [0.5, 0.6) is 5.75 Å². The molecule has 0 saturated heterocycles. The molecule has 1 amide bonds. The minimum Gasteiger partial charge on any atom is -0.481 e. The van der Waals surface area contributed by atoms with Gasteiger partial charge in [0, 0.05) is 5.69 Å². The van der Waals surface area contributed by atoms with Gasteiger partial charge in [0.2, 0.25) is 0 Å². The third kappa shape index (κ3) is 3.88. The molecule has 3 aromatic carbocycles. The third-order valence-electron chi connectivity index (χ3n) is 4.65. The lowest BCUT2D eigenvalue weighted by atomic mass is 10.0. The molecule has 0 aliphatic heterocycles. The SMILES string of the molecule is CCc1cccc(CC)c1NC(=O)[C@H](C)Oc1ccc2ccccc2c1. The Kier molecular flexibility index (Phi) is 5.57. The molecule has 3 heteroatoms. The molecule has 3 nitrogen and oxygen atoms in total. The summed E-state index contributed by atoms with van der Waals surface area (Å²) in [6.07, 6.45) is 1.18. The van der Waals surface area contributed by atoms with Gasteiger partial charge in [0.1, 0.15) is 5.75 Å². The lowest BCUT2D eigenvalue weighted by molar-refractivity contribution is -0.122. The van der Waals surface area contributed by atoms with Crippen molar-refractivity contribution in [1.29, 1.82) is 0 Å². The Labute approximate surface area is 155 Å². The van der Waals surface area contributed by atoms with Gasteiger partial charge < -0.3 is 10.1 Å². The first kappa shape index (κ1) is 18.0. The molecule has 0 radical (unpaired) electrons. The molecule has 26 heavy (non-hydrogen) atoms. The smallest absolute Gasteiger partial charge is 0.265 e. The van der Waals surface area contributed by atoms with Gasteiger partial charge >= 0.3 is 0 Å². The van der Waals surface area contributed by atoms with E-state index < -0.39 is 6.10 Å². The van der Waals surface area contributed by atoms with Crippen molar-refractivity contribution >= 4 is 22.4 Å². The molecule has 0 aromatic heterocycles. The number of ether oxygens (including phenoxy) is 1. The van der Waals surface area contributed by atoms with Crippen molar-refractivity contribution in [2.75, 3.05) is 5.32 Å². The second kappa shape index (κ2) is 8.05. The fourth-order valence-electron chi connectivity index (χ4n) is 3.13. The number of para-hydroxylation sites is 1. The molecule has 134 valence electrons. The van der Waals surface area contributed by atoms with Crippen LogP contribution in [0.4, 0.5) is 5.69 Å². The van der Waals surface area contributed by atoms with Crippen molar-refractivity contribution in [1.82, 2.24) is 0 Å². The maximum Gasteiger partial charge on any atom is 0.265 e. The Morgan fingerprint density at radius 2 is 1.58 bits per heavy atom. The summed E-state index contributed by atoms with van der Waals surface area (Å²) in [6.45, 7) is 5.98. The van der Waals surface area contributed by atoms with E-state index in [4.69, 9.17) is 4.74 Å². The van der Waals surface area contributed by atoms with Gasteiger partial charge in [0.25, 0.3) is 5.91 Å². The Morgan fingerprint density at radius 3 is 2.23 bits per heavy atom. The molecular formula is C23H25NO2. The minimum atomic E-state index is -0.578. The summed E-state index contributed by atoms with van der Waals surface area (Å²) in [5.41, 5.74) is 3.22. The number of carbonyl (C=O) groups excluding carboxylic acids is 1. The van der Waals surface area contributed by atoms with E-state index in [1.807, 2.05) is 42.5 Å². The Bertz CT molecular complexity index is 895. The average Bonchev–Trinajstić information content (AvgIpc) is 2.67. The number of fused-ring (bicyclic) bond motifs is 1. The number of rotatable bonds is 6. The summed E-state index contributed by atoms with van der Waals surface area (Å²) in [6, 6.07) is 20.2. The first-order chi connectivity index (χ1) is 12.6. The largest absolute Gasteiger partial charge is 0.481 e. The molecule has 0 fully saturated rings. The van der Waals surface area contributed by atoms with Gasteiger partial charge in [0.05, 0.1) is 0 Å². The van der Waals surface area contributed by atoms with Crippen LogP contribution in [-0.4, -0.2) is 12.0 Å². The van der Waals surface area contributed by atoms with E-state index in [1.165, 1.54) is 0 Å². The van der Waals surface area contributed by atoms with Gasteiger partial charge in [0.15, 0.2) is 6.10 Å². The summed E-state index contributed by atoms with van der Waals surface area (Å²) in [5.74, 6) is 0.569. The monoisotopic (exact) mass is 347 g/mol. The molecule has 0 aliphatic rings. The number of hydrogen-bond donors (Lipinski definition) is 1. The van der Waals surface area contributed by atoms with Crippen LogP contribution in [0.3, 0.4) is 0 Å². The zero-order chi connectivity index (χ0) is 18.5. The zero-order valence-corrected chi connectivity index (χ0v) is 15.6. The lowest BCUT2D eigenvalue weighted by Gasteiger charge is -2.18. The van der Waals surface area contributed by atoms with E-state index in [9.17, 15) is 4.79 Å². The molecule has 0 saturated carbocycles. The molecule has 1 N–H and O–H groups in total. The van der Waals surface area contributed by atoms with Crippen LogP contribution in [0.2, 0.25) is 0 Å². The van der Waals surface area contributed by atoms with Crippen molar-refractivity contribution < 1.29 is 9.53 Å². The third-order valence-corrected chi connectivity index (χ3v) is 4.65. The maximum absolute atomic E-state index is 12.7. The minimum absolute atomic E-state index is 0.131. The van der Waals surface area contributed by atoms with E-state index >= 15 is 0 Å². The molecule has 0 spiro atoms. The Hall–Kier alpha value is -2.81. The quantitative estimate of drug-likeness (QED) is 0.651. The normalized spacial score (nSPS) is 12.0. The van der Waals surface area contributed by atoms with Crippen molar-refractivity contribution in [3.63, 3.8) is 0 Å². The van der Waals surface area contributed by atoms with E-state index in [0.29, 0.717) is 5.75 Å². The Morgan fingerprint density at radius 1 is 0.923 bits per heavy atom. The second-order valence-corrected chi connectivity index (χ2v) is 6.42. The molecular weight excluding hydrogens is 322 g/mol. The number of hydrogen-bond acceptors (Lipinski definition) is 2. The highest BCUT2D eigenvalue weighted by Crippen LogP contribution is 2.24. The highest BCUT2D eigenvalue weighted by Gasteiger charge is 2.17. The van der Waals surface area contributed by atoms with Crippen LogP contribution in [0.15, 0.2) is 60.7 Å².